The summed E-state index contributed by atoms with van der Waals surface area (Å²) in [4.78, 5) is 2.83. The van der Waals surface area contributed by atoms with Gasteiger partial charge in [0.15, 0.2) is 0 Å². The Morgan fingerprint density at radius 2 is 2.06 bits per heavy atom. The second-order valence-electron chi connectivity index (χ2n) is 4.86. The van der Waals surface area contributed by atoms with Crippen molar-refractivity contribution in [2.75, 3.05) is 13.6 Å². The quantitative estimate of drug-likeness (QED) is 0.577. The van der Waals surface area contributed by atoms with Crippen molar-refractivity contribution in [2.24, 2.45) is 5.73 Å². The molecule has 0 unspecified atom stereocenters. The third-order valence-corrected chi connectivity index (χ3v) is 3.29. The average molecular weight is 264 g/mol. The van der Waals surface area contributed by atoms with Crippen molar-refractivity contribution in [3.05, 3.63) is 35.4 Å². The second-order valence-corrected chi connectivity index (χ2v) is 5.30. The summed E-state index contributed by atoms with van der Waals surface area (Å²) in [5.74, 6) is 0. The smallest absolute Gasteiger partial charge is 0.103 e. The van der Waals surface area contributed by atoms with Crippen LogP contribution in [-0.4, -0.2) is 23.5 Å². The van der Waals surface area contributed by atoms with Gasteiger partial charge in [-0.25, -0.2) is 0 Å². The molecule has 0 bridgehead atoms. The molecule has 0 aliphatic rings. The van der Waals surface area contributed by atoms with Gasteiger partial charge in [-0.1, -0.05) is 56.6 Å². The Morgan fingerprint density at radius 3 is 2.72 bits per heavy atom. The molecule has 0 spiro atoms. The van der Waals surface area contributed by atoms with Gasteiger partial charge in [-0.05, 0) is 31.6 Å². The van der Waals surface area contributed by atoms with E-state index in [0.717, 1.165) is 18.7 Å². The summed E-state index contributed by atoms with van der Waals surface area (Å²) >= 11 is 5.00. The van der Waals surface area contributed by atoms with E-state index in [0.29, 0.717) is 4.99 Å². The van der Waals surface area contributed by atoms with Crippen LogP contribution in [0.25, 0.3) is 0 Å². The predicted octanol–water partition coefficient (Wildman–Crippen LogP) is 3.33. The molecule has 0 radical (unpaired) electrons. The first-order chi connectivity index (χ1) is 8.63. The van der Waals surface area contributed by atoms with Crippen LogP contribution >= 0.6 is 12.2 Å². The Labute approximate surface area is 116 Å². The minimum atomic E-state index is 0.474. The van der Waals surface area contributed by atoms with Gasteiger partial charge < -0.3 is 10.6 Å². The van der Waals surface area contributed by atoms with E-state index in [9.17, 15) is 0 Å². The minimum Gasteiger partial charge on any atom is -0.389 e. The number of thiocarbonyl (C=S) groups is 1. The summed E-state index contributed by atoms with van der Waals surface area (Å²) in [7, 11) is 2.17. The summed E-state index contributed by atoms with van der Waals surface area (Å²) in [6, 6.07) is 8.21. The summed E-state index contributed by atoms with van der Waals surface area (Å²) < 4.78 is 0. The first-order valence-corrected chi connectivity index (χ1v) is 7.11. The lowest BCUT2D eigenvalue weighted by Crippen LogP contribution is -2.19. The summed E-state index contributed by atoms with van der Waals surface area (Å²) in [5, 5.41) is 0. The Kier molecular flexibility index (Phi) is 6.91. The minimum absolute atomic E-state index is 0.474. The molecule has 0 fully saturated rings. The molecule has 0 saturated carbocycles. The van der Waals surface area contributed by atoms with E-state index in [1.807, 2.05) is 12.1 Å². The molecule has 0 atom stereocenters. The highest BCUT2D eigenvalue weighted by atomic mass is 32.1. The molecule has 0 aliphatic carbocycles. The largest absolute Gasteiger partial charge is 0.389 e. The number of rotatable bonds is 8. The fourth-order valence-electron chi connectivity index (χ4n) is 2.02. The van der Waals surface area contributed by atoms with Crippen molar-refractivity contribution >= 4 is 17.2 Å². The van der Waals surface area contributed by atoms with Gasteiger partial charge >= 0.3 is 0 Å². The molecule has 100 valence electrons. The molecule has 3 heteroatoms. The lowest BCUT2D eigenvalue weighted by atomic mass is 10.1. The highest BCUT2D eigenvalue weighted by molar-refractivity contribution is 7.80. The maximum Gasteiger partial charge on any atom is 0.103 e. The number of hydrogen-bond donors (Lipinski definition) is 1. The molecule has 0 amide bonds. The van der Waals surface area contributed by atoms with Crippen molar-refractivity contribution in [1.82, 2.24) is 4.90 Å². The van der Waals surface area contributed by atoms with E-state index in [-0.39, 0.29) is 0 Å². The molecular formula is C15H24N2S. The van der Waals surface area contributed by atoms with Crippen molar-refractivity contribution in [1.29, 1.82) is 0 Å². The zero-order valence-corrected chi connectivity index (χ0v) is 12.3. The Hall–Kier alpha value is -0.930. The van der Waals surface area contributed by atoms with Gasteiger partial charge in [-0.2, -0.15) is 0 Å². The summed E-state index contributed by atoms with van der Waals surface area (Å²) in [6.07, 6.45) is 5.23. The molecule has 0 aromatic heterocycles. The number of nitrogens with two attached hydrogens (primary N) is 1. The van der Waals surface area contributed by atoms with Crippen LogP contribution in [0.2, 0.25) is 0 Å². The van der Waals surface area contributed by atoms with Crippen LogP contribution < -0.4 is 5.73 Å². The average Bonchev–Trinajstić information content (AvgIpc) is 2.35. The van der Waals surface area contributed by atoms with Crippen molar-refractivity contribution < 1.29 is 0 Å². The lowest BCUT2D eigenvalue weighted by molar-refractivity contribution is 0.317. The molecule has 0 saturated heterocycles. The number of nitrogens with zero attached hydrogens (tertiary/aromatic N) is 1. The number of unbranched alkanes of at least 4 members (excludes halogenated alkanes) is 3. The van der Waals surface area contributed by atoms with Crippen molar-refractivity contribution in [2.45, 2.75) is 39.2 Å². The van der Waals surface area contributed by atoms with Gasteiger partial charge in [0.2, 0.25) is 0 Å². The molecule has 1 rings (SSSR count). The van der Waals surface area contributed by atoms with Crippen LogP contribution in [0.1, 0.15) is 43.7 Å². The van der Waals surface area contributed by atoms with Gasteiger partial charge in [0.05, 0.1) is 0 Å². The Morgan fingerprint density at radius 1 is 1.28 bits per heavy atom. The van der Waals surface area contributed by atoms with Crippen molar-refractivity contribution in [3.63, 3.8) is 0 Å². The molecule has 0 aliphatic heterocycles. The van der Waals surface area contributed by atoms with E-state index in [4.69, 9.17) is 18.0 Å². The molecule has 0 heterocycles. The standard InChI is InChI=1S/C15H24N2S/c1-3-4-5-6-10-17(2)12-13-8-7-9-14(11-13)15(16)18/h7-9,11H,3-6,10,12H2,1-2H3,(H2,16,18). The molecular weight excluding hydrogens is 240 g/mol. The molecule has 2 nitrogen and oxygen atoms in total. The number of benzene rings is 1. The van der Waals surface area contributed by atoms with Crippen LogP contribution in [0.5, 0.6) is 0 Å². The highest BCUT2D eigenvalue weighted by Gasteiger charge is 2.02. The number of hydrogen-bond acceptors (Lipinski definition) is 2. The van der Waals surface area contributed by atoms with Crippen LogP contribution in [0, 0.1) is 0 Å². The van der Waals surface area contributed by atoms with E-state index >= 15 is 0 Å². The third-order valence-electron chi connectivity index (χ3n) is 3.06. The Bertz CT molecular complexity index is 377. The van der Waals surface area contributed by atoms with E-state index in [1.165, 1.54) is 31.2 Å². The SMILES string of the molecule is CCCCCCN(C)Cc1cccc(C(N)=S)c1. The zero-order valence-electron chi connectivity index (χ0n) is 11.5. The highest BCUT2D eigenvalue weighted by Crippen LogP contribution is 2.09. The van der Waals surface area contributed by atoms with Crippen molar-refractivity contribution in [3.8, 4) is 0 Å². The fraction of sp³-hybridized carbons (Fsp3) is 0.533. The fourth-order valence-corrected chi connectivity index (χ4v) is 2.15. The molecule has 1 aromatic carbocycles. The third kappa shape index (κ3) is 5.61. The molecule has 2 N–H and O–H groups in total. The topological polar surface area (TPSA) is 29.3 Å². The van der Waals surface area contributed by atoms with Gasteiger partial charge in [0.1, 0.15) is 4.99 Å². The van der Waals surface area contributed by atoms with Crippen LogP contribution in [-0.2, 0) is 6.54 Å². The molecule has 18 heavy (non-hydrogen) atoms. The van der Waals surface area contributed by atoms with Crippen LogP contribution in [0.4, 0.5) is 0 Å². The Balaban J connectivity index is 2.41. The van der Waals surface area contributed by atoms with Gasteiger partial charge in [0, 0.05) is 12.1 Å². The van der Waals surface area contributed by atoms with Crippen LogP contribution in [0.3, 0.4) is 0 Å². The monoisotopic (exact) mass is 264 g/mol. The molecule has 1 aromatic rings. The van der Waals surface area contributed by atoms with Gasteiger partial charge in [-0.15, -0.1) is 0 Å². The second kappa shape index (κ2) is 8.22. The predicted molar refractivity (Wildman–Crippen MR) is 82.8 cm³/mol. The maximum atomic E-state index is 5.64. The lowest BCUT2D eigenvalue weighted by Gasteiger charge is -2.17. The van der Waals surface area contributed by atoms with E-state index < -0.39 is 0 Å². The zero-order chi connectivity index (χ0) is 13.4. The van der Waals surface area contributed by atoms with E-state index in [2.05, 4.69) is 31.0 Å². The van der Waals surface area contributed by atoms with Crippen LogP contribution in [0.15, 0.2) is 24.3 Å². The summed E-state index contributed by atoms with van der Waals surface area (Å²) in [6.45, 7) is 4.35. The van der Waals surface area contributed by atoms with Gasteiger partial charge in [-0.3, -0.25) is 0 Å². The normalized spacial score (nSPS) is 10.8. The maximum absolute atomic E-state index is 5.64. The first-order valence-electron chi connectivity index (χ1n) is 6.70. The van der Waals surface area contributed by atoms with Gasteiger partial charge in [0.25, 0.3) is 0 Å². The first kappa shape index (κ1) is 15.1. The van der Waals surface area contributed by atoms with E-state index in [1.54, 1.807) is 0 Å². The summed E-state index contributed by atoms with van der Waals surface area (Å²) in [5.41, 5.74) is 7.88.